The first-order chi connectivity index (χ1) is 14.0. The van der Waals surface area contributed by atoms with Gasteiger partial charge in [0, 0.05) is 42.7 Å². The van der Waals surface area contributed by atoms with Crippen molar-refractivity contribution in [3.05, 3.63) is 70.9 Å². The maximum Gasteiger partial charge on any atom is 0.140 e. The van der Waals surface area contributed by atoms with Gasteiger partial charge < -0.3 is 14.4 Å². The van der Waals surface area contributed by atoms with E-state index in [2.05, 4.69) is 16.1 Å². The molecule has 6 heteroatoms. The van der Waals surface area contributed by atoms with Crippen LogP contribution in [0.3, 0.4) is 0 Å². The molecule has 1 aliphatic heterocycles. The van der Waals surface area contributed by atoms with E-state index in [4.69, 9.17) is 20.9 Å². The summed E-state index contributed by atoms with van der Waals surface area (Å²) in [6.45, 7) is 2.44. The van der Waals surface area contributed by atoms with Crippen molar-refractivity contribution < 1.29 is 14.4 Å². The van der Waals surface area contributed by atoms with Gasteiger partial charge in [-0.1, -0.05) is 47.1 Å². The number of likely N-dealkylation sites (tertiary alicyclic amines) is 1. The van der Waals surface area contributed by atoms with E-state index < -0.39 is 5.60 Å². The topological polar surface area (TPSA) is 58.7 Å². The van der Waals surface area contributed by atoms with Crippen LogP contribution in [-0.4, -0.2) is 41.0 Å². The highest BCUT2D eigenvalue weighted by Gasteiger charge is 2.34. The second kappa shape index (κ2) is 8.57. The molecule has 1 aliphatic rings. The van der Waals surface area contributed by atoms with Crippen LogP contribution in [0.15, 0.2) is 59.1 Å². The monoisotopic (exact) mass is 412 g/mol. The summed E-state index contributed by atoms with van der Waals surface area (Å²) in [4.78, 5) is 2.33. The van der Waals surface area contributed by atoms with Gasteiger partial charge >= 0.3 is 0 Å². The third-order valence-corrected chi connectivity index (χ3v) is 5.94. The van der Waals surface area contributed by atoms with Gasteiger partial charge in [-0.2, -0.15) is 0 Å². The summed E-state index contributed by atoms with van der Waals surface area (Å²) in [5, 5.41) is 16.0. The van der Waals surface area contributed by atoms with Gasteiger partial charge in [-0.25, -0.2) is 0 Å². The molecule has 29 heavy (non-hydrogen) atoms. The van der Waals surface area contributed by atoms with Crippen molar-refractivity contribution in [1.82, 2.24) is 10.1 Å². The zero-order valence-corrected chi connectivity index (χ0v) is 17.2. The van der Waals surface area contributed by atoms with Gasteiger partial charge in [-0.15, -0.1) is 0 Å². The van der Waals surface area contributed by atoms with Gasteiger partial charge in [-0.3, -0.25) is 4.90 Å². The Labute approximate surface area is 175 Å². The number of nitrogens with zero attached hydrogens (tertiary/aromatic N) is 2. The lowest BCUT2D eigenvalue weighted by molar-refractivity contribution is -0.0265. The molecule has 2 heterocycles. The third-order valence-electron chi connectivity index (χ3n) is 5.57. The number of rotatable bonds is 6. The Kier molecular flexibility index (Phi) is 5.90. The molecular formula is C23H25ClN2O3. The Morgan fingerprint density at radius 3 is 2.69 bits per heavy atom. The van der Waals surface area contributed by atoms with Crippen LogP contribution in [0.2, 0.25) is 5.02 Å². The molecule has 1 N–H and O–H groups in total. The minimum atomic E-state index is -0.776. The maximum atomic E-state index is 11.1. The fourth-order valence-corrected chi connectivity index (χ4v) is 4.01. The molecule has 3 aromatic rings. The van der Waals surface area contributed by atoms with Gasteiger partial charge in [0.15, 0.2) is 0 Å². The van der Waals surface area contributed by atoms with E-state index >= 15 is 0 Å². The second-order valence-corrected chi connectivity index (χ2v) is 8.09. The minimum absolute atomic E-state index is 0.462. The molecule has 1 aromatic heterocycles. The number of aliphatic hydroxyl groups is 1. The second-order valence-electron chi connectivity index (χ2n) is 7.68. The molecule has 0 atom stereocenters. The maximum absolute atomic E-state index is 11.1. The van der Waals surface area contributed by atoms with Crippen LogP contribution in [0.1, 0.15) is 24.2 Å². The number of hydrogen-bond acceptors (Lipinski definition) is 5. The molecule has 0 radical (unpaired) electrons. The van der Waals surface area contributed by atoms with E-state index in [0.29, 0.717) is 25.0 Å². The summed E-state index contributed by atoms with van der Waals surface area (Å²) >= 11 is 6.28. The Balaban J connectivity index is 1.37. The van der Waals surface area contributed by atoms with Gasteiger partial charge in [0.25, 0.3) is 0 Å². The largest absolute Gasteiger partial charge is 0.497 e. The summed E-state index contributed by atoms with van der Waals surface area (Å²) in [5.41, 5.74) is 2.03. The van der Waals surface area contributed by atoms with E-state index in [1.165, 1.54) is 0 Å². The van der Waals surface area contributed by atoms with E-state index in [0.717, 1.165) is 47.2 Å². The molecule has 0 saturated carbocycles. The first kappa shape index (κ1) is 20.0. The molecule has 152 valence electrons. The van der Waals surface area contributed by atoms with Gasteiger partial charge in [0.05, 0.1) is 12.7 Å². The highest BCUT2D eigenvalue weighted by atomic mass is 35.5. The Morgan fingerprint density at radius 2 is 1.93 bits per heavy atom. The zero-order chi connectivity index (χ0) is 20.3. The van der Waals surface area contributed by atoms with Crippen molar-refractivity contribution in [2.24, 2.45) is 0 Å². The third kappa shape index (κ3) is 4.81. The molecule has 4 rings (SSSR count). The first-order valence-corrected chi connectivity index (χ1v) is 10.2. The number of aromatic nitrogens is 1. The van der Waals surface area contributed by atoms with E-state index in [9.17, 15) is 5.11 Å². The zero-order valence-electron chi connectivity index (χ0n) is 16.5. The molecule has 5 nitrogen and oxygen atoms in total. The molecule has 0 aliphatic carbocycles. The van der Waals surface area contributed by atoms with Gasteiger partial charge in [0.2, 0.25) is 0 Å². The van der Waals surface area contributed by atoms with Crippen LogP contribution in [0.25, 0.3) is 11.3 Å². The number of hydrogen-bond donors (Lipinski definition) is 1. The summed E-state index contributed by atoms with van der Waals surface area (Å²) in [6, 6.07) is 17.5. The van der Waals surface area contributed by atoms with Crippen molar-refractivity contribution >= 4 is 11.6 Å². The van der Waals surface area contributed by atoms with Crippen molar-refractivity contribution in [1.29, 1.82) is 0 Å². The summed E-state index contributed by atoms with van der Waals surface area (Å²) < 4.78 is 10.8. The average Bonchev–Trinajstić information content (AvgIpc) is 3.19. The van der Waals surface area contributed by atoms with E-state index in [1.807, 2.05) is 48.5 Å². The highest BCUT2D eigenvalue weighted by Crippen LogP contribution is 2.30. The van der Waals surface area contributed by atoms with Gasteiger partial charge in [-0.05, 0) is 36.6 Å². The predicted molar refractivity (Wildman–Crippen MR) is 113 cm³/mol. The Hall–Kier alpha value is -2.34. The first-order valence-electron chi connectivity index (χ1n) is 9.83. The lowest BCUT2D eigenvalue weighted by Crippen LogP contribution is -2.45. The lowest BCUT2D eigenvalue weighted by Gasteiger charge is -2.37. The average molecular weight is 413 g/mol. The Bertz CT molecular complexity index is 964. The molecular weight excluding hydrogens is 388 g/mol. The van der Waals surface area contributed by atoms with Crippen LogP contribution in [0.4, 0.5) is 0 Å². The lowest BCUT2D eigenvalue weighted by atomic mass is 9.87. The number of methoxy groups -OCH3 is 1. The minimum Gasteiger partial charge on any atom is -0.497 e. The number of piperidine rings is 1. The fraction of sp³-hybridized carbons (Fsp3) is 0.348. The van der Waals surface area contributed by atoms with Crippen molar-refractivity contribution in [3.8, 4) is 17.0 Å². The molecule has 0 bridgehead atoms. The van der Waals surface area contributed by atoms with Crippen LogP contribution in [-0.2, 0) is 13.0 Å². The normalized spacial score (nSPS) is 16.7. The molecule has 1 fully saturated rings. The molecule has 0 spiro atoms. The molecule has 1 saturated heterocycles. The molecule has 2 aromatic carbocycles. The van der Waals surface area contributed by atoms with Crippen LogP contribution in [0, 0.1) is 0 Å². The van der Waals surface area contributed by atoms with Crippen LogP contribution < -0.4 is 4.74 Å². The van der Waals surface area contributed by atoms with Gasteiger partial charge in [0.1, 0.15) is 17.2 Å². The SMILES string of the molecule is COc1cccc(-c2cc(CC3(O)CCN(Cc4ccccc4Cl)CC3)on2)c1. The summed E-state index contributed by atoms with van der Waals surface area (Å²) in [7, 11) is 1.64. The number of ether oxygens (including phenoxy) is 1. The van der Waals surface area contributed by atoms with Crippen LogP contribution >= 0.6 is 11.6 Å². The quantitative estimate of drug-likeness (QED) is 0.642. The predicted octanol–water partition coefficient (Wildman–Crippen LogP) is 4.57. The van der Waals surface area contributed by atoms with Crippen molar-refractivity contribution in [3.63, 3.8) is 0 Å². The molecule has 0 unspecified atom stereocenters. The highest BCUT2D eigenvalue weighted by molar-refractivity contribution is 6.31. The molecule has 0 amide bonds. The van der Waals surface area contributed by atoms with E-state index in [-0.39, 0.29) is 0 Å². The van der Waals surface area contributed by atoms with Crippen molar-refractivity contribution in [2.75, 3.05) is 20.2 Å². The van der Waals surface area contributed by atoms with E-state index in [1.54, 1.807) is 7.11 Å². The number of halogens is 1. The summed E-state index contributed by atoms with van der Waals surface area (Å²) in [5.74, 6) is 1.47. The smallest absolute Gasteiger partial charge is 0.140 e. The Morgan fingerprint density at radius 1 is 1.14 bits per heavy atom. The number of benzene rings is 2. The fourth-order valence-electron chi connectivity index (χ4n) is 3.81. The standard InChI is InChI=1S/C23H25ClN2O3/c1-28-19-7-4-6-17(13-19)22-14-20(29-25-22)15-23(27)9-11-26(12-10-23)16-18-5-2-3-8-21(18)24/h2-8,13-14,27H,9-12,15-16H2,1H3. The van der Waals surface area contributed by atoms with Crippen molar-refractivity contribution in [2.45, 2.75) is 31.4 Å². The van der Waals surface area contributed by atoms with Crippen LogP contribution in [0.5, 0.6) is 5.75 Å². The summed E-state index contributed by atoms with van der Waals surface area (Å²) in [6.07, 6.45) is 1.84.